The lowest BCUT2D eigenvalue weighted by Crippen LogP contribution is -2.23. The van der Waals surface area contributed by atoms with Crippen LogP contribution in [0.1, 0.15) is 58.1 Å². The Morgan fingerprint density at radius 2 is 1.85 bits per heavy atom. The monoisotopic (exact) mass is 303 g/mol. The SMILES string of the molecule is CCCNC(CCCC(C)C)c1cc(F)c(Cl)cc1F. The van der Waals surface area contributed by atoms with Crippen LogP contribution in [0, 0.1) is 17.6 Å². The van der Waals surface area contributed by atoms with Gasteiger partial charge in [-0.2, -0.15) is 0 Å². The standard InChI is InChI=1S/C16H24ClF2N/c1-4-8-20-16(7-5-6-11(2)3)12-9-15(19)13(17)10-14(12)18/h9-11,16,20H,4-8H2,1-3H3. The van der Waals surface area contributed by atoms with E-state index in [1.807, 2.05) is 0 Å². The Kier molecular flexibility index (Phi) is 7.46. The minimum Gasteiger partial charge on any atom is -0.310 e. The molecular weight excluding hydrogens is 280 g/mol. The van der Waals surface area contributed by atoms with Gasteiger partial charge in [-0.05, 0) is 37.4 Å². The van der Waals surface area contributed by atoms with Gasteiger partial charge in [0.25, 0.3) is 0 Å². The molecule has 0 fully saturated rings. The Morgan fingerprint density at radius 3 is 2.45 bits per heavy atom. The van der Waals surface area contributed by atoms with E-state index >= 15 is 0 Å². The van der Waals surface area contributed by atoms with Crippen molar-refractivity contribution < 1.29 is 8.78 Å². The normalized spacial score (nSPS) is 12.9. The smallest absolute Gasteiger partial charge is 0.142 e. The van der Waals surface area contributed by atoms with Crippen LogP contribution in [-0.4, -0.2) is 6.54 Å². The van der Waals surface area contributed by atoms with Gasteiger partial charge in [0.15, 0.2) is 0 Å². The largest absolute Gasteiger partial charge is 0.310 e. The summed E-state index contributed by atoms with van der Waals surface area (Å²) in [6.45, 7) is 7.17. The summed E-state index contributed by atoms with van der Waals surface area (Å²) in [6, 6.07) is 2.14. The summed E-state index contributed by atoms with van der Waals surface area (Å²) >= 11 is 5.61. The Hall–Kier alpha value is -0.670. The van der Waals surface area contributed by atoms with Crippen molar-refractivity contribution in [2.45, 2.75) is 52.5 Å². The van der Waals surface area contributed by atoms with Crippen molar-refractivity contribution in [1.29, 1.82) is 0 Å². The summed E-state index contributed by atoms with van der Waals surface area (Å²) in [6.07, 6.45) is 3.83. The van der Waals surface area contributed by atoms with E-state index in [2.05, 4.69) is 26.1 Å². The molecule has 1 nitrogen and oxygen atoms in total. The van der Waals surface area contributed by atoms with E-state index in [4.69, 9.17) is 11.6 Å². The number of hydrogen-bond acceptors (Lipinski definition) is 1. The highest BCUT2D eigenvalue weighted by Gasteiger charge is 2.17. The second-order valence-electron chi connectivity index (χ2n) is 5.62. The highest BCUT2D eigenvalue weighted by Crippen LogP contribution is 2.27. The summed E-state index contributed by atoms with van der Waals surface area (Å²) < 4.78 is 27.6. The summed E-state index contributed by atoms with van der Waals surface area (Å²) in [5, 5.41) is 3.13. The van der Waals surface area contributed by atoms with Gasteiger partial charge < -0.3 is 5.32 Å². The molecule has 0 bridgehead atoms. The van der Waals surface area contributed by atoms with Crippen molar-refractivity contribution in [3.8, 4) is 0 Å². The molecule has 0 aromatic heterocycles. The molecule has 1 unspecified atom stereocenters. The topological polar surface area (TPSA) is 12.0 Å². The predicted octanol–water partition coefficient (Wildman–Crippen LogP) is 5.49. The van der Waals surface area contributed by atoms with Gasteiger partial charge in [-0.1, -0.05) is 45.2 Å². The molecule has 0 saturated carbocycles. The van der Waals surface area contributed by atoms with E-state index in [9.17, 15) is 8.78 Å². The summed E-state index contributed by atoms with van der Waals surface area (Å²) in [4.78, 5) is 0. The van der Waals surface area contributed by atoms with E-state index in [-0.39, 0.29) is 11.1 Å². The first-order valence-electron chi connectivity index (χ1n) is 7.33. The Morgan fingerprint density at radius 1 is 1.15 bits per heavy atom. The minimum atomic E-state index is -0.560. The molecular formula is C16H24ClF2N. The highest BCUT2D eigenvalue weighted by molar-refractivity contribution is 6.30. The quantitative estimate of drug-likeness (QED) is 0.627. The van der Waals surface area contributed by atoms with Crippen molar-refractivity contribution in [3.05, 3.63) is 34.4 Å². The molecule has 0 radical (unpaired) electrons. The zero-order chi connectivity index (χ0) is 15.1. The van der Waals surface area contributed by atoms with Gasteiger partial charge >= 0.3 is 0 Å². The van der Waals surface area contributed by atoms with Crippen LogP contribution in [0.4, 0.5) is 8.78 Å². The Labute approximate surface area is 125 Å². The molecule has 20 heavy (non-hydrogen) atoms. The lowest BCUT2D eigenvalue weighted by Gasteiger charge is -2.20. The first kappa shape index (κ1) is 17.4. The molecule has 0 amide bonds. The van der Waals surface area contributed by atoms with Crippen LogP contribution in [0.15, 0.2) is 12.1 Å². The molecule has 1 N–H and O–H groups in total. The van der Waals surface area contributed by atoms with E-state index in [0.717, 1.165) is 38.3 Å². The number of benzene rings is 1. The Balaban J connectivity index is 2.83. The van der Waals surface area contributed by atoms with Gasteiger partial charge in [0, 0.05) is 11.6 Å². The Bertz CT molecular complexity index is 421. The van der Waals surface area contributed by atoms with Crippen LogP contribution in [0.3, 0.4) is 0 Å². The molecule has 0 aliphatic carbocycles. The lowest BCUT2D eigenvalue weighted by atomic mass is 9.97. The molecule has 0 aliphatic rings. The van der Waals surface area contributed by atoms with Gasteiger partial charge in [0.05, 0.1) is 5.02 Å². The predicted molar refractivity (Wildman–Crippen MR) is 81.1 cm³/mol. The first-order chi connectivity index (χ1) is 9.45. The van der Waals surface area contributed by atoms with Crippen molar-refractivity contribution in [2.75, 3.05) is 6.54 Å². The fourth-order valence-corrected chi connectivity index (χ4v) is 2.37. The van der Waals surface area contributed by atoms with Crippen LogP contribution in [0.25, 0.3) is 0 Å². The van der Waals surface area contributed by atoms with Crippen LogP contribution in [-0.2, 0) is 0 Å². The maximum absolute atomic E-state index is 14.0. The molecule has 1 rings (SSSR count). The van der Waals surface area contributed by atoms with Crippen molar-refractivity contribution in [2.24, 2.45) is 5.92 Å². The van der Waals surface area contributed by atoms with E-state index in [1.54, 1.807) is 0 Å². The van der Waals surface area contributed by atoms with E-state index in [1.165, 1.54) is 6.07 Å². The van der Waals surface area contributed by atoms with Crippen LogP contribution in [0.2, 0.25) is 5.02 Å². The van der Waals surface area contributed by atoms with Crippen molar-refractivity contribution in [1.82, 2.24) is 5.32 Å². The molecule has 1 atom stereocenters. The number of nitrogens with one attached hydrogen (secondary N) is 1. The van der Waals surface area contributed by atoms with Crippen molar-refractivity contribution in [3.63, 3.8) is 0 Å². The third-order valence-electron chi connectivity index (χ3n) is 3.33. The second kappa shape index (κ2) is 8.58. The lowest BCUT2D eigenvalue weighted by molar-refractivity contribution is 0.431. The van der Waals surface area contributed by atoms with Crippen LogP contribution < -0.4 is 5.32 Å². The summed E-state index contributed by atoms with van der Waals surface area (Å²) in [7, 11) is 0. The van der Waals surface area contributed by atoms with Gasteiger partial charge in [0.1, 0.15) is 11.6 Å². The maximum Gasteiger partial charge on any atom is 0.142 e. The molecule has 0 aliphatic heterocycles. The van der Waals surface area contributed by atoms with Gasteiger partial charge in [-0.3, -0.25) is 0 Å². The third kappa shape index (κ3) is 5.37. The summed E-state index contributed by atoms with van der Waals surface area (Å²) in [5.74, 6) is -0.376. The second-order valence-corrected chi connectivity index (χ2v) is 6.03. The molecule has 0 heterocycles. The molecule has 4 heteroatoms. The number of halogens is 3. The molecule has 114 valence electrons. The van der Waals surface area contributed by atoms with Crippen LogP contribution >= 0.6 is 11.6 Å². The van der Waals surface area contributed by atoms with E-state index < -0.39 is 11.6 Å². The van der Waals surface area contributed by atoms with Gasteiger partial charge in [-0.25, -0.2) is 8.78 Å². The zero-order valence-electron chi connectivity index (χ0n) is 12.5. The number of hydrogen-bond donors (Lipinski definition) is 1. The summed E-state index contributed by atoms with van der Waals surface area (Å²) in [5.41, 5.74) is 0.379. The molecule has 1 aromatic rings. The first-order valence-corrected chi connectivity index (χ1v) is 7.71. The molecule has 1 aromatic carbocycles. The molecule has 0 saturated heterocycles. The van der Waals surface area contributed by atoms with Gasteiger partial charge in [0.2, 0.25) is 0 Å². The van der Waals surface area contributed by atoms with Crippen molar-refractivity contribution >= 4 is 11.6 Å². The fourth-order valence-electron chi connectivity index (χ4n) is 2.22. The number of rotatable bonds is 8. The van der Waals surface area contributed by atoms with Gasteiger partial charge in [-0.15, -0.1) is 0 Å². The zero-order valence-corrected chi connectivity index (χ0v) is 13.2. The van der Waals surface area contributed by atoms with Crippen LogP contribution in [0.5, 0.6) is 0 Å². The fraction of sp³-hybridized carbons (Fsp3) is 0.625. The average molecular weight is 304 g/mol. The van der Waals surface area contributed by atoms with E-state index in [0.29, 0.717) is 11.5 Å². The third-order valence-corrected chi connectivity index (χ3v) is 3.62. The molecule has 0 spiro atoms. The maximum atomic E-state index is 14.0. The minimum absolute atomic E-state index is 0.152. The average Bonchev–Trinajstić information content (AvgIpc) is 2.38. The highest BCUT2D eigenvalue weighted by atomic mass is 35.5.